The number of carbonyl (C=O) groups excluding carboxylic acids is 1. The first-order chi connectivity index (χ1) is 15.7. The second-order valence-electron chi connectivity index (χ2n) is 7.97. The van der Waals surface area contributed by atoms with Gasteiger partial charge in [-0.3, -0.25) is 4.79 Å². The average Bonchev–Trinajstić information content (AvgIpc) is 3.40. The molecule has 0 unspecified atom stereocenters. The van der Waals surface area contributed by atoms with Crippen LogP contribution in [0.4, 0.5) is 5.69 Å². The monoisotopic (exact) mass is 427 g/mol. The molecule has 4 aromatic rings. The molecule has 1 amide bonds. The van der Waals surface area contributed by atoms with Crippen LogP contribution in [-0.2, 0) is 11.3 Å². The van der Waals surface area contributed by atoms with Crippen molar-refractivity contribution in [3.8, 4) is 11.5 Å². The summed E-state index contributed by atoms with van der Waals surface area (Å²) in [7, 11) is 3.23. The van der Waals surface area contributed by atoms with Gasteiger partial charge in [-0.05, 0) is 29.8 Å². The van der Waals surface area contributed by atoms with E-state index in [1.807, 2.05) is 54.6 Å². The first kappa shape index (κ1) is 20.1. The number of amides is 1. The number of hydrogen-bond donors (Lipinski definition) is 0. The Kier molecular flexibility index (Phi) is 5.27. The lowest BCUT2D eigenvalue weighted by molar-refractivity contribution is -0.117. The fraction of sp³-hybridized carbons (Fsp3) is 0.231. The summed E-state index contributed by atoms with van der Waals surface area (Å²) in [4.78, 5) is 19.9. The standard InChI is InChI=1S/C26H25N3O3/c1-31-20-12-13-24(32-2)23(15-20)28-17-19(14-25(28)30)26-27-21-10-6-7-11-22(21)29(26)16-18-8-4-3-5-9-18/h3-13,15,19H,14,16-17H2,1-2H3/t19-/m1/s1. The van der Waals surface area contributed by atoms with Crippen LogP contribution < -0.4 is 14.4 Å². The molecular weight excluding hydrogens is 402 g/mol. The van der Waals surface area contributed by atoms with Crippen molar-refractivity contribution in [1.29, 1.82) is 0 Å². The second kappa shape index (κ2) is 8.38. The maximum atomic E-state index is 13.1. The van der Waals surface area contributed by atoms with Crippen LogP contribution in [0.5, 0.6) is 11.5 Å². The number of nitrogens with zero attached hydrogens (tertiary/aromatic N) is 3. The molecule has 5 rings (SSSR count). The molecule has 0 N–H and O–H groups in total. The third-order valence-corrected chi connectivity index (χ3v) is 6.03. The van der Waals surface area contributed by atoms with Crippen molar-refractivity contribution in [2.45, 2.75) is 18.9 Å². The number of anilines is 1. The van der Waals surface area contributed by atoms with E-state index in [1.54, 1.807) is 19.1 Å². The summed E-state index contributed by atoms with van der Waals surface area (Å²) in [6.07, 6.45) is 0.401. The normalized spacial score (nSPS) is 16.0. The fourth-order valence-electron chi connectivity index (χ4n) is 4.46. The molecule has 2 heterocycles. The Hall–Kier alpha value is -3.80. The van der Waals surface area contributed by atoms with Crippen molar-refractivity contribution in [3.63, 3.8) is 0 Å². The molecule has 6 heteroatoms. The van der Waals surface area contributed by atoms with Crippen molar-refractivity contribution in [3.05, 3.63) is 84.2 Å². The highest BCUT2D eigenvalue weighted by Gasteiger charge is 2.36. The van der Waals surface area contributed by atoms with Gasteiger partial charge in [-0.25, -0.2) is 4.98 Å². The molecule has 32 heavy (non-hydrogen) atoms. The van der Waals surface area contributed by atoms with Crippen LogP contribution >= 0.6 is 0 Å². The van der Waals surface area contributed by atoms with Gasteiger partial charge in [0, 0.05) is 31.5 Å². The summed E-state index contributed by atoms with van der Waals surface area (Å²) in [6, 6.07) is 24.0. The van der Waals surface area contributed by atoms with E-state index in [0.717, 1.165) is 22.5 Å². The van der Waals surface area contributed by atoms with Crippen molar-refractivity contribution in [2.24, 2.45) is 0 Å². The van der Waals surface area contributed by atoms with Crippen molar-refractivity contribution < 1.29 is 14.3 Å². The highest BCUT2D eigenvalue weighted by Crippen LogP contribution is 2.39. The lowest BCUT2D eigenvalue weighted by Crippen LogP contribution is -2.25. The first-order valence-electron chi connectivity index (χ1n) is 10.7. The number of benzene rings is 3. The summed E-state index contributed by atoms with van der Waals surface area (Å²) in [5.41, 5.74) is 3.96. The van der Waals surface area contributed by atoms with Crippen LogP contribution in [-0.4, -0.2) is 36.2 Å². The Bertz CT molecular complexity index is 1270. The van der Waals surface area contributed by atoms with Crippen LogP contribution in [0.15, 0.2) is 72.8 Å². The zero-order valence-electron chi connectivity index (χ0n) is 18.2. The van der Waals surface area contributed by atoms with Crippen LogP contribution in [0.25, 0.3) is 11.0 Å². The molecule has 1 aromatic heterocycles. The third kappa shape index (κ3) is 3.58. The number of methoxy groups -OCH3 is 2. The molecule has 3 aromatic carbocycles. The summed E-state index contributed by atoms with van der Waals surface area (Å²) in [6.45, 7) is 1.25. The SMILES string of the molecule is COc1ccc(OC)c(N2C[C@H](c3nc4ccccc4n3Cc3ccccc3)CC2=O)c1. The van der Waals surface area contributed by atoms with Crippen LogP contribution in [0.1, 0.15) is 23.7 Å². The molecule has 1 aliphatic rings. The average molecular weight is 428 g/mol. The van der Waals surface area contributed by atoms with Crippen LogP contribution in [0, 0.1) is 0 Å². The zero-order valence-corrected chi connectivity index (χ0v) is 18.2. The number of fused-ring (bicyclic) bond motifs is 1. The number of ether oxygens (including phenoxy) is 2. The molecule has 0 radical (unpaired) electrons. The van der Waals surface area contributed by atoms with E-state index in [-0.39, 0.29) is 11.8 Å². The number of aromatic nitrogens is 2. The molecule has 1 atom stereocenters. The van der Waals surface area contributed by atoms with E-state index in [0.29, 0.717) is 31.0 Å². The topological polar surface area (TPSA) is 56.6 Å². The Labute approximate surface area is 187 Å². The van der Waals surface area contributed by atoms with Crippen molar-refractivity contribution >= 4 is 22.6 Å². The predicted molar refractivity (Wildman–Crippen MR) is 125 cm³/mol. The number of carbonyl (C=O) groups is 1. The van der Waals surface area contributed by atoms with Gasteiger partial charge in [-0.1, -0.05) is 42.5 Å². The minimum absolute atomic E-state index is 0.0190. The Morgan fingerprint density at radius 2 is 1.75 bits per heavy atom. The molecule has 1 aliphatic heterocycles. The van der Waals surface area contributed by atoms with Gasteiger partial charge >= 0.3 is 0 Å². The minimum Gasteiger partial charge on any atom is -0.497 e. The first-order valence-corrected chi connectivity index (χ1v) is 10.7. The Morgan fingerprint density at radius 3 is 2.53 bits per heavy atom. The number of imidazole rings is 1. The van der Waals surface area contributed by atoms with E-state index < -0.39 is 0 Å². The van der Waals surface area contributed by atoms with E-state index in [9.17, 15) is 4.79 Å². The second-order valence-corrected chi connectivity index (χ2v) is 7.97. The predicted octanol–water partition coefficient (Wildman–Crippen LogP) is 4.62. The molecule has 6 nitrogen and oxygen atoms in total. The quantitative estimate of drug-likeness (QED) is 0.451. The van der Waals surface area contributed by atoms with Crippen molar-refractivity contribution in [1.82, 2.24) is 9.55 Å². The highest BCUT2D eigenvalue weighted by molar-refractivity contribution is 5.98. The molecule has 162 valence electrons. The van der Waals surface area contributed by atoms with Gasteiger partial charge in [-0.2, -0.15) is 0 Å². The Balaban J connectivity index is 1.53. The smallest absolute Gasteiger partial charge is 0.227 e. The lowest BCUT2D eigenvalue weighted by Gasteiger charge is -2.20. The van der Waals surface area contributed by atoms with E-state index in [4.69, 9.17) is 14.5 Å². The van der Waals surface area contributed by atoms with Gasteiger partial charge in [0.25, 0.3) is 0 Å². The molecule has 0 aliphatic carbocycles. The maximum Gasteiger partial charge on any atom is 0.227 e. The Morgan fingerprint density at radius 1 is 0.969 bits per heavy atom. The molecule has 0 bridgehead atoms. The van der Waals surface area contributed by atoms with E-state index in [2.05, 4.69) is 22.8 Å². The highest BCUT2D eigenvalue weighted by atomic mass is 16.5. The molecule has 0 spiro atoms. The summed E-state index contributed by atoms with van der Waals surface area (Å²) in [5.74, 6) is 2.31. The van der Waals surface area contributed by atoms with Crippen molar-refractivity contribution in [2.75, 3.05) is 25.7 Å². The zero-order chi connectivity index (χ0) is 22.1. The van der Waals surface area contributed by atoms with Gasteiger partial charge in [-0.15, -0.1) is 0 Å². The number of para-hydroxylation sites is 2. The lowest BCUT2D eigenvalue weighted by atomic mass is 10.1. The largest absolute Gasteiger partial charge is 0.497 e. The van der Waals surface area contributed by atoms with E-state index >= 15 is 0 Å². The number of rotatable bonds is 6. The maximum absolute atomic E-state index is 13.1. The van der Waals surface area contributed by atoms with Gasteiger partial charge < -0.3 is 18.9 Å². The van der Waals surface area contributed by atoms with Crippen LogP contribution in [0.2, 0.25) is 0 Å². The van der Waals surface area contributed by atoms with Gasteiger partial charge in [0.1, 0.15) is 17.3 Å². The van der Waals surface area contributed by atoms with Crippen LogP contribution in [0.3, 0.4) is 0 Å². The summed E-state index contributed by atoms with van der Waals surface area (Å²) in [5, 5.41) is 0. The third-order valence-electron chi connectivity index (χ3n) is 6.03. The molecule has 0 saturated carbocycles. The van der Waals surface area contributed by atoms with Gasteiger partial charge in [0.05, 0.1) is 30.9 Å². The summed E-state index contributed by atoms with van der Waals surface area (Å²) < 4.78 is 13.1. The molecule has 1 fully saturated rings. The molecule has 1 saturated heterocycles. The molecular formula is C26H25N3O3. The minimum atomic E-state index is -0.0190. The van der Waals surface area contributed by atoms with Gasteiger partial charge in [0.15, 0.2) is 0 Å². The van der Waals surface area contributed by atoms with Gasteiger partial charge in [0.2, 0.25) is 5.91 Å². The van der Waals surface area contributed by atoms with E-state index in [1.165, 1.54) is 5.56 Å². The number of hydrogen-bond acceptors (Lipinski definition) is 4. The summed E-state index contributed by atoms with van der Waals surface area (Å²) >= 11 is 0. The fourth-order valence-corrected chi connectivity index (χ4v) is 4.46.